The fourth-order valence-corrected chi connectivity index (χ4v) is 1.49. The van der Waals surface area contributed by atoms with Gasteiger partial charge in [-0.15, -0.1) is 0 Å². The topological polar surface area (TPSA) is 47.6 Å². The van der Waals surface area contributed by atoms with Gasteiger partial charge in [-0.25, -0.2) is 4.98 Å². The Morgan fingerprint density at radius 2 is 2.18 bits per heavy atom. The molecule has 0 amide bonds. The predicted molar refractivity (Wildman–Crippen MR) is 66.2 cm³/mol. The molecule has 0 atom stereocenters. The summed E-state index contributed by atoms with van der Waals surface area (Å²) in [6, 6.07) is 5.58. The largest absolute Gasteiger partial charge is 0.481 e. The summed E-state index contributed by atoms with van der Waals surface area (Å²) in [7, 11) is 1.59. The lowest BCUT2D eigenvalue weighted by Gasteiger charge is -1.97. The molecule has 4 heteroatoms. The van der Waals surface area contributed by atoms with E-state index in [0.717, 1.165) is 22.8 Å². The van der Waals surface area contributed by atoms with E-state index in [1.54, 1.807) is 25.6 Å². The first-order valence-electron chi connectivity index (χ1n) is 5.30. The van der Waals surface area contributed by atoms with E-state index in [4.69, 9.17) is 9.15 Å². The number of furan rings is 1. The number of aromatic nitrogens is 1. The highest BCUT2D eigenvalue weighted by molar-refractivity contribution is 5.83. The van der Waals surface area contributed by atoms with Gasteiger partial charge in [0.15, 0.2) is 0 Å². The second kappa shape index (κ2) is 4.82. The van der Waals surface area contributed by atoms with Crippen LogP contribution in [0.15, 0.2) is 33.8 Å². The highest BCUT2D eigenvalue weighted by Gasteiger charge is 2.01. The molecular weight excluding hydrogens is 216 g/mol. The van der Waals surface area contributed by atoms with Gasteiger partial charge in [-0.1, -0.05) is 0 Å². The molecule has 0 radical (unpaired) electrons. The smallest absolute Gasteiger partial charge is 0.213 e. The molecule has 0 bridgehead atoms. The zero-order valence-electron chi connectivity index (χ0n) is 10.1. The zero-order valence-corrected chi connectivity index (χ0v) is 10.1. The molecule has 0 aliphatic rings. The monoisotopic (exact) mass is 230 g/mol. The van der Waals surface area contributed by atoms with Gasteiger partial charge in [-0.05, 0) is 26.0 Å². The molecule has 0 aliphatic carbocycles. The molecule has 0 unspecified atom stereocenters. The van der Waals surface area contributed by atoms with Gasteiger partial charge in [-0.2, -0.15) is 0 Å². The van der Waals surface area contributed by atoms with Crippen LogP contribution >= 0.6 is 0 Å². The molecule has 0 saturated carbocycles. The van der Waals surface area contributed by atoms with Crippen LogP contribution in [0.5, 0.6) is 5.88 Å². The van der Waals surface area contributed by atoms with Crippen molar-refractivity contribution in [3.63, 3.8) is 0 Å². The van der Waals surface area contributed by atoms with Crippen LogP contribution in [-0.2, 0) is 0 Å². The van der Waals surface area contributed by atoms with Crippen molar-refractivity contribution in [1.29, 1.82) is 0 Å². The number of ether oxygens (including phenoxy) is 1. The molecule has 2 aromatic heterocycles. The van der Waals surface area contributed by atoms with Crippen LogP contribution in [0.1, 0.15) is 17.1 Å². The van der Waals surface area contributed by atoms with E-state index in [2.05, 4.69) is 9.98 Å². The first kappa shape index (κ1) is 11.4. The summed E-state index contributed by atoms with van der Waals surface area (Å²) in [5, 5.41) is 0. The zero-order chi connectivity index (χ0) is 12.3. The molecule has 0 saturated heterocycles. The molecule has 2 heterocycles. The lowest BCUT2D eigenvalue weighted by atomic mass is 10.3. The molecule has 17 heavy (non-hydrogen) atoms. The van der Waals surface area contributed by atoms with Crippen LogP contribution in [0.4, 0.5) is 5.69 Å². The molecule has 2 aromatic rings. The van der Waals surface area contributed by atoms with E-state index in [-0.39, 0.29) is 0 Å². The summed E-state index contributed by atoms with van der Waals surface area (Å²) in [5.41, 5.74) is 1.77. The average molecular weight is 230 g/mol. The maximum absolute atomic E-state index is 5.41. The first-order chi connectivity index (χ1) is 8.19. The minimum atomic E-state index is 0.583. The van der Waals surface area contributed by atoms with E-state index in [0.29, 0.717) is 5.88 Å². The van der Waals surface area contributed by atoms with Gasteiger partial charge in [0.05, 0.1) is 19.0 Å². The Hall–Kier alpha value is -2.10. The van der Waals surface area contributed by atoms with E-state index < -0.39 is 0 Å². The van der Waals surface area contributed by atoms with Crippen LogP contribution in [0.25, 0.3) is 0 Å². The minimum absolute atomic E-state index is 0.583. The maximum atomic E-state index is 5.41. The fourth-order valence-electron chi connectivity index (χ4n) is 1.49. The van der Waals surface area contributed by atoms with Gasteiger partial charge in [0.1, 0.15) is 11.5 Å². The third-order valence-corrected chi connectivity index (χ3v) is 2.36. The number of pyridine rings is 1. The highest BCUT2D eigenvalue weighted by atomic mass is 16.5. The minimum Gasteiger partial charge on any atom is -0.481 e. The van der Waals surface area contributed by atoms with Crippen molar-refractivity contribution in [2.24, 2.45) is 4.99 Å². The van der Waals surface area contributed by atoms with Crippen molar-refractivity contribution in [3.05, 3.63) is 41.5 Å². The average Bonchev–Trinajstić information content (AvgIpc) is 2.66. The van der Waals surface area contributed by atoms with Crippen molar-refractivity contribution >= 4 is 11.9 Å². The third-order valence-electron chi connectivity index (χ3n) is 2.36. The summed E-state index contributed by atoms with van der Waals surface area (Å²) in [5.74, 6) is 2.34. The standard InChI is InChI=1S/C13H14N2O2/c1-9-6-11(10(2)17-9)7-14-12-4-5-13(16-3)15-8-12/h4-8H,1-3H3. The van der Waals surface area contributed by atoms with Crippen LogP contribution < -0.4 is 4.74 Å². The van der Waals surface area contributed by atoms with Crippen LogP contribution in [0.3, 0.4) is 0 Å². The second-order valence-electron chi connectivity index (χ2n) is 3.69. The maximum Gasteiger partial charge on any atom is 0.213 e. The van der Waals surface area contributed by atoms with Crippen LogP contribution in [-0.4, -0.2) is 18.3 Å². The number of methoxy groups -OCH3 is 1. The molecule has 88 valence electrons. The summed E-state index contributed by atoms with van der Waals surface area (Å²) < 4.78 is 10.4. The Labute approximate surface area is 100.0 Å². The molecular formula is C13H14N2O2. The van der Waals surface area contributed by atoms with Crippen LogP contribution in [0.2, 0.25) is 0 Å². The van der Waals surface area contributed by atoms with Gasteiger partial charge >= 0.3 is 0 Å². The summed E-state index contributed by atoms with van der Waals surface area (Å²) in [6.07, 6.45) is 3.44. The number of nitrogens with zero attached hydrogens (tertiary/aromatic N) is 2. The van der Waals surface area contributed by atoms with E-state index in [9.17, 15) is 0 Å². The molecule has 0 aromatic carbocycles. The Morgan fingerprint density at radius 3 is 2.71 bits per heavy atom. The lowest BCUT2D eigenvalue weighted by Crippen LogP contribution is -1.85. The number of hydrogen-bond donors (Lipinski definition) is 0. The first-order valence-corrected chi connectivity index (χ1v) is 5.30. The quantitative estimate of drug-likeness (QED) is 0.761. The predicted octanol–water partition coefficient (Wildman–Crippen LogP) is 3.05. The molecule has 0 spiro atoms. The van der Waals surface area contributed by atoms with Crippen LogP contribution in [0, 0.1) is 13.8 Å². The third kappa shape index (κ3) is 2.72. The van der Waals surface area contributed by atoms with Gasteiger partial charge in [-0.3, -0.25) is 4.99 Å². The SMILES string of the molecule is COc1ccc(N=Cc2cc(C)oc2C)cn1. The van der Waals surface area contributed by atoms with Gasteiger partial charge in [0, 0.05) is 17.8 Å². The van der Waals surface area contributed by atoms with Gasteiger partial charge in [0.25, 0.3) is 0 Å². The van der Waals surface area contributed by atoms with Crippen molar-refractivity contribution in [3.8, 4) is 5.88 Å². The van der Waals surface area contributed by atoms with Gasteiger partial charge < -0.3 is 9.15 Å². The van der Waals surface area contributed by atoms with Gasteiger partial charge in [0.2, 0.25) is 5.88 Å². The van der Waals surface area contributed by atoms with E-state index >= 15 is 0 Å². The Balaban J connectivity index is 2.17. The molecule has 0 N–H and O–H groups in total. The Morgan fingerprint density at radius 1 is 1.35 bits per heavy atom. The number of aryl methyl sites for hydroxylation is 2. The van der Waals surface area contributed by atoms with Crippen molar-refractivity contribution in [2.75, 3.05) is 7.11 Å². The number of aliphatic imine (C=N–C) groups is 1. The summed E-state index contributed by atoms with van der Waals surface area (Å²) in [4.78, 5) is 8.40. The highest BCUT2D eigenvalue weighted by Crippen LogP contribution is 2.16. The van der Waals surface area contributed by atoms with Crippen molar-refractivity contribution < 1.29 is 9.15 Å². The Kier molecular flexibility index (Phi) is 3.23. The lowest BCUT2D eigenvalue weighted by molar-refractivity contribution is 0.398. The fraction of sp³-hybridized carbons (Fsp3) is 0.231. The second-order valence-corrected chi connectivity index (χ2v) is 3.69. The van der Waals surface area contributed by atoms with Crippen molar-refractivity contribution in [2.45, 2.75) is 13.8 Å². The summed E-state index contributed by atoms with van der Waals surface area (Å²) in [6.45, 7) is 3.83. The number of rotatable bonds is 3. The molecule has 2 rings (SSSR count). The molecule has 0 fully saturated rings. The van der Waals surface area contributed by atoms with E-state index in [1.165, 1.54) is 0 Å². The van der Waals surface area contributed by atoms with E-state index in [1.807, 2.05) is 26.0 Å². The summed E-state index contributed by atoms with van der Waals surface area (Å²) >= 11 is 0. The number of hydrogen-bond acceptors (Lipinski definition) is 4. The Bertz CT molecular complexity index is 527. The molecule has 0 aliphatic heterocycles. The normalized spacial score (nSPS) is 11.0. The molecule has 4 nitrogen and oxygen atoms in total. The van der Waals surface area contributed by atoms with Crippen molar-refractivity contribution in [1.82, 2.24) is 4.98 Å².